The Morgan fingerprint density at radius 3 is 2.76 bits per heavy atom. The molecule has 0 aromatic heterocycles. The summed E-state index contributed by atoms with van der Waals surface area (Å²) < 4.78 is 0. The van der Waals surface area contributed by atoms with Crippen molar-refractivity contribution in [1.82, 2.24) is 9.80 Å². The molecule has 3 unspecified atom stereocenters. The second-order valence-corrected chi connectivity index (χ2v) is 5.55. The number of carbonyl (C=O) groups excluding carboxylic acids is 1. The van der Waals surface area contributed by atoms with Crippen molar-refractivity contribution < 1.29 is 4.79 Å². The third-order valence-electron chi connectivity index (χ3n) is 4.46. The molecule has 3 atom stereocenters. The van der Waals surface area contributed by atoms with Crippen LogP contribution in [0.4, 0.5) is 0 Å². The van der Waals surface area contributed by atoms with Crippen molar-refractivity contribution in [2.45, 2.75) is 57.2 Å². The van der Waals surface area contributed by atoms with Crippen LogP contribution >= 0.6 is 0 Å². The van der Waals surface area contributed by atoms with E-state index in [4.69, 9.17) is 5.73 Å². The third-order valence-corrected chi connectivity index (χ3v) is 4.46. The summed E-state index contributed by atoms with van der Waals surface area (Å²) in [6, 6.07) is 1.29. The third kappa shape index (κ3) is 2.80. The van der Waals surface area contributed by atoms with Gasteiger partial charge >= 0.3 is 0 Å². The molecule has 4 heteroatoms. The van der Waals surface area contributed by atoms with Crippen molar-refractivity contribution in [2.75, 3.05) is 20.1 Å². The van der Waals surface area contributed by atoms with Crippen LogP contribution in [0.3, 0.4) is 0 Å². The summed E-state index contributed by atoms with van der Waals surface area (Å²) in [4.78, 5) is 16.6. The van der Waals surface area contributed by atoms with Crippen LogP contribution in [0.2, 0.25) is 0 Å². The molecule has 2 aliphatic heterocycles. The van der Waals surface area contributed by atoms with E-state index in [9.17, 15) is 4.79 Å². The van der Waals surface area contributed by atoms with Crippen LogP contribution in [0.5, 0.6) is 0 Å². The van der Waals surface area contributed by atoms with Crippen molar-refractivity contribution in [2.24, 2.45) is 5.73 Å². The van der Waals surface area contributed by atoms with E-state index < -0.39 is 0 Å². The van der Waals surface area contributed by atoms with Crippen molar-refractivity contribution in [3.63, 3.8) is 0 Å². The van der Waals surface area contributed by atoms with Crippen LogP contribution in [0, 0.1) is 0 Å². The maximum Gasteiger partial charge on any atom is 0.224 e. The Labute approximate surface area is 104 Å². The lowest BCUT2D eigenvalue weighted by atomic mass is 10.1. The normalized spacial score (nSPS) is 31.4. The van der Waals surface area contributed by atoms with Crippen LogP contribution in [-0.4, -0.2) is 54.0 Å². The molecule has 0 spiro atoms. The summed E-state index contributed by atoms with van der Waals surface area (Å²) in [7, 11) is 2.20. The van der Waals surface area contributed by atoms with E-state index in [2.05, 4.69) is 11.9 Å². The predicted molar refractivity (Wildman–Crippen MR) is 68.7 cm³/mol. The highest BCUT2D eigenvalue weighted by molar-refractivity contribution is 5.76. The summed E-state index contributed by atoms with van der Waals surface area (Å²) >= 11 is 0. The zero-order valence-electron chi connectivity index (χ0n) is 11.1. The smallest absolute Gasteiger partial charge is 0.224 e. The zero-order valence-corrected chi connectivity index (χ0v) is 11.1. The Morgan fingerprint density at radius 2 is 2.06 bits per heavy atom. The van der Waals surface area contributed by atoms with Gasteiger partial charge in [0, 0.05) is 37.6 Å². The fourth-order valence-corrected chi connectivity index (χ4v) is 3.03. The fourth-order valence-electron chi connectivity index (χ4n) is 3.03. The number of amides is 1. The number of likely N-dealkylation sites (N-methyl/N-ethyl adjacent to an activating group) is 1. The minimum atomic E-state index is 0.0284. The molecule has 2 saturated heterocycles. The second-order valence-electron chi connectivity index (χ2n) is 5.55. The van der Waals surface area contributed by atoms with Gasteiger partial charge in [0.25, 0.3) is 0 Å². The lowest BCUT2D eigenvalue weighted by Gasteiger charge is -2.26. The first-order valence-corrected chi connectivity index (χ1v) is 6.87. The van der Waals surface area contributed by atoms with Crippen molar-refractivity contribution in [3.8, 4) is 0 Å². The van der Waals surface area contributed by atoms with Gasteiger partial charge in [-0.15, -0.1) is 0 Å². The number of fused-ring (bicyclic) bond motifs is 2. The maximum absolute atomic E-state index is 12.1. The van der Waals surface area contributed by atoms with Crippen LogP contribution < -0.4 is 5.73 Å². The van der Waals surface area contributed by atoms with Gasteiger partial charge in [0.15, 0.2) is 0 Å². The highest BCUT2D eigenvalue weighted by Crippen LogP contribution is 2.28. The van der Waals surface area contributed by atoms with E-state index in [0.29, 0.717) is 18.5 Å². The van der Waals surface area contributed by atoms with Gasteiger partial charge in [0.1, 0.15) is 0 Å². The molecule has 17 heavy (non-hydrogen) atoms. The summed E-state index contributed by atoms with van der Waals surface area (Å²) in [6.07, 6.45) is 5.06. The average molecular weight is 239 g/mol. The summed E-state index contributed by atoms with van der Waals surface area (Å²) in [5.41, 5.74) is 5.86. The Bertz CT molecular complexity index is 282. The molecule has 2 fully saturated rings. The van der Waals surface area contributed by atoms with Crippen LogP contribution in [0.15, 0.2) is 0 Å². The Balaban J connectivity index is 1.92. The predicted octanol–water partition coefficient (Wildman–Crippen LogP) is 0.809. The molecular formula is C13H25N3O. The Morgan fingerprint density at radius 1 is 1.35 bits per heavy atom. The number of nitrogens with zero attached hydrogens (tertiary/aromatic N) is 2. The number of nitrogens with two attached hydrogens (primary N) is 1. The standard InChI is InChI=1S/C13H25N3O/c1-3-10(14)8-13(17)16-7-6-11-4-5-12(9-16)15(11)2/h10-12H,3-9,14H2,1-2H3. The van der Waals surface area contributed by atoms with Gasteiger partial charge in [-0.25, -0.2) is 0 Å². The molecule has 0 saturated carbocycles. The molecule has 0 aliphatic carbocycles. The van der Waals surface area contributed by atoms with Gasteiger partial charge in [-0.1, -0.05) is 6.92 Å². The highest BCUT2D eigenvalue weighted by Gasteiger charge is 2.35. The zero-order chi connectivity index (χ0) is 12.4. The second kappa shape index (κ2) is 5.36. The fraction of sp³-hybridized carbons (Fsp3) is 0.923. The number of rotatable bonds is 3. The van der Waals surface area contributed by atoms with Gasteiger partial charge < -0.3 is 10.6 Å². The van der Waals surface area contributed by atoms with Gasteiger partial charge in [-0.3, -0.25) is 9.69 Å². The molecule has 98 valence electrons. The van der Waals surface area contributed by atoms with Crippen LogP contribution in [0.25, 0.3) is 0 Å². The minimum Gasteiger partial charge on any atom is -0.341 e. The van der Waals surface area contributed by atoms with Crippen molar-refractivity contribution >= 4 is 5.91 Å². The van der Waals surface area contributed by atoms with E-state index in [1.807, 2.05) is 11.8 Å². The average Bonchev–Trinajstić information content (AvgIpc) is 2.52. The molecule has 2 aliphatic rings. The highest BCUT2D eigenvalue weighted by atomic mass is 16.2. The lowest BCUT2D eigenvalue weighted by molar-refractivity contribution is -0.131. The maximum atomic E-state index is 12.1. The number of hydrogen-bond donors (Lipinski definition) is 1. The lowest BCUT2D eigenvalue weighted by Crippen LogP contribution is -2.41. The van der Waals surface area contributed by atoms with E-state index in [-0.39, 0.29) is 11.9 Å². The molecule has 1 amide bonds. The Kier molecular flexibility index (Phi) is 4.05. The van der Waals surface area contributed by atoms with Crippen molar-refractivity contribution in [3.05, 3.63) is 0 Å². The number of hydrogen-bond acceptors (Lipinski definition) is 3. The molecule has 0 radical (unpaired) electrons. The molecule has 4 nitrogen and oxygen atoms in total. The SMILES string of the molecule is CCC(N)CC(=O)N1CCC2CCC(C1)N2C. The molecule has 2 N–H and O–H groups in total. The molecule has 0 aromatic carbocycles. The first-order valence-electron chi connectivity index (χ1n) is 6.87. The van der Waals surface area contributed by atoms with Gasteiger partial charge in [-0.2, -0.15) is 0 Å². The van der Waals surface area contributed by atoms with Gasteiger partial charge in [-0.05, 0) is 32.7 Å². The molecule has 2 bridgehead atoms. The Hall–Kier alpha value is -0.610. The first kappa shape index (κ1) is 12.8. The monoisotopic (exact) mass is 239 g/mol. The molecule has 2 heterocycles. The van der Waals surface area contributed by atoms with Crippen LogP contribution in [0.1, 0.15) is 39.0 Å². The van der Waals surface area contributed by atoms with Crippen molar-refractivity contribution in [1.29, 1.82) is 0 Å². The first-order chi connectivity index (χ1) is 8.11. The van der Waals surface area contributed by atoms with E-state index in [0.717, 1.165) is 25.9 Å². The quantitative estimate of drug-likeness (QED) is 0.793. The van der Waals surface area contributed by atoms with Crippen LogP contribution in [-0.2, 0) is 4.79 Å². The molecule has 2 rings (SSSR count). The molecular weight excluding hydrogens is 214 g/mol. The summed E-state index contributed by atoms with van der Waals surface area (Å²) in [5, 5.41) is 0. The summed E-state index contributed by atoms with van der Waals surface area (Å²) in [5.74, 6) is 0.250. The van der Waals surface area contributed by atoms with Gasteiger partial charge in [0.05, 0.1) is 0 Å². The number of likely N-dealkylation sites (tertiary alicyclic amines) is 1. The van der Waals surface area contributed by atoms with E-state index in [1.54, 1.807) is 0 Å². The largest absolute Gasteiger partial charge is 0.341 e. The topological polar surface area (TPSA) is 49.6 Å². The summed E-state index contributed by atoms with van der Waals surface area (Å²) in [6.45, 7) is 3.86. The molecule has 0 aromatic rings. The van der Waals surface area contributed by atoms with E-state index >= 15 is 0 Å². The minimum absolute atomic E-state index is 0.0284. The van der Waals surface area contributed by atoms with Gasteiger partial charge in [0.2, 0.25) is 5.91 Å². The number of carbonyl (C=O) groups is 1. The van der Waals surface area contributed by atoms with E-state index in [1.165, 1.54) is 12.8 Å².